The Kier molecular flexibility index (Phi) is 6.27. The molecule has 27 heavy (non-hydrogen) atoms. The summed E-state index contributed by atoms with van der Waals surface area (Å²) >= 11 is 6.11. The molecule has 0 bridgehead atoms. The standard InChI is InChI=1S/C20H27ClN2O4/c1-12(2)27-15-7-5-13(6-8-15)11-23-18-16(9-14(21)10-22-18)17(19(23)25-3)20(24)26-4/h9-10,12-13,15H,5-8,11H2,1-4H3. The first-order valence-corrected chi connectivity index (χ1v) is 9.77. The number of esters is 1. The molecule has 1 fully saturated rings. The molecule has 0 saturated heterocycles. The molecule has 0 unspecified atom stereocenters. The molecule has 148 valence electrons. The van der Waals surface area contributed by atoms with E-state index in [1.54, 1.807) is 19.4 Å². The molecule has 2 heterocycles. The van der Waals surface area contributed by atoms with Gasteiger partial charge in [-0.15, -0.1) is 0 Å². The van der Waals surface area contributed by atoms with Crippen molar-refractivity contribution < 1.29 is 19.0 Å². The number of carbonyl (C=O) groups excluding carboxylic acids is 1. The van der Waals surface area contributed by atoms with Crippen molar-refractivity contribution in [2.24, 2.45) is 5.92 Å². The Morgan fingerprint density at radius 2 is 2.00 bits per heavy atom. The van der Waals surface area contributed by atoms with Crippen molar-refractivity contribution in [2.75, 3.05) is 14.2 Å². The number of nitrogens with zero attached hydrogens (tertiary/aromatic N) is 2. The molecule has 6 nitrogen and oxygen atoms in total. The second-order valence-corrected chi connectivity index (χ2v) is 7.78. The second-order valence-electron chi connectivity index (χ2n) is 7.34. The first kappa shape index (κ1) is 20.0. The van der Waals surface area contributed by atoms with Crippen LogP contribution in [0.1, 0.15) is 49.9 Å². The van der Waals surface area contributed by atoms with E-state index in [1.807, 2.05) is 4.57 Å². The molecule has 0 N–H and O–H groups in total. The molecule has 0 amide bonds. The maximum atomic E-state index is 12.4. The Balaban J connectivity index is 1.89. The summed E-state index contributed by atoms with van der Waals surface area (Å²) in [6, 6.07) is 1.74. The van der Waals surface area contributed by atoms with E-state index >= 15 is 0 Å². The fourth-order valence-corrected chi connectivity index (χ4v) is 4.11. The molecule has 1 saturated carbocycles. The molecule has 0 atom stereocenters. The van der Waals surface area contributed by atoms with Gasteiger partial charge in [-0.25, -0.2) is 9.78 Å². The zero-order chi connectivity index (χ0) is 19.6. The van der Waals surface area contributed by atoms with E-state index in [4.69, 9.17) is 25.8 Å². The van der Waals surface area contributed by atoms with Crippen LogP contribution < -0.4 is 4.74 Å². The smallest absolute Gasteiger partial charge is 0.344 e. The average Bonchev–Trinajstić information content (AvgIpc) is 2.94. The highest BCUT2D eigenvalue weighted by molar-refractivity contribution is 6.31. The Morgan fingerprint density at radius 3 is 2.59 bits per heavy atom. The summed E-state index contributed by atoms with van der Waals surface area (Å²) in [5.74, 6) is 0.505. The van der Waals surface area contributed by atoms with E-state index in [0.29, 0.717) is 39.5 Å². The number of halogens is 1. The van der Waals surface area contributed by atoms with Crippen LogP contribution in [0.5, 0.6) is 5.88 Å². The fourth-order valence-electron chi connectivity index (χ4n) is 3.95. The number of methoxy groups -OCH3 is 2. The second kappa shape index (κ2) is 8.48. The highest BCUT2D eigenvalue weighted by atomic mass is 35.5. The van der Waals surface area contributed by atoms with Gasteiger partial charge < -0.3 is 14.2 Å². The molecule has 0 spiro atoms. The summed E-state index contributed by atoms with van der Waals surface area (Å²) in [4.78, 5) is 16.8. The van der Waals surface area contributed by atoms with Crippen molar-refractivity contribution in [3.05, 3.63) is 22.8 Å². The number of pyridine rings is 1. The Morgan fingerprint density at radius 1 is 1.30 bits per heavy atom. The number of aromatic nitrogens is 2. The molecule has 3 rings (SSSR count). The van der Waals surface area contributed by atoms with Gasteiger partial charge in [0.15, 0.2) is 0 Å². The minimum atomic E-state index is -0.450. The molecule has 1 aliphatic carbocycles. The summed E-state index contributed by atoms with van der Waals surface area (Å²) < 4.78 is 18.5. The maximum absolute atomic E-state index is 12.4. The summed E-state index contributed by atoms with van der Waals surface area (Å²) in [6.07, 6.45) is 6.43. The average molecular weight is 395 g/mol. The van der Waals surface area contributed by atoms with Gasteiger partial charge in [0.2, 0.25) is 5.88 Å². The third kappa shape index (κ3) is 4.22. The van der Waals surface area contributed by atoms with Crippen LogP contribution in [0.4, 0.5) is 0 Å². The molecule has 2 aromatic rings. The van der Waals surface area contributed by atoms with E-state index in [-0.39, 0.29) is 6.10 Å². The highest BCUT2D eigenvalue weighted by Gasteiger charge is 2.29. The number of hydrogen-bond donors (Lipinski definition) is 0. The molecule has 0 radical (unpaired) electrons. The number of hydrogen-bond acceptors (Lipinski definition) is 5. The van der Waals surface area contributed by atoms with Gasteiger partial charge in [0.1, 0.15) is 11.2 Å². The molecule has 0 aliphatic heterocycles. The zero-order valence-electron chi connectivity index (χ0n) is 16.3. The fraction of sp³-hybridized carbons (Fsp3) is 0.600. The largest absolute Gasteiger partial charge is 0.481 e. The third-order valence-corrected chi connectivity index (χ3v) is 5.31. The van der Waals surface area contributed by atoms with E-state index in [1.165, 1.54) is 7.11 Å². The quantitative estimate of drug-likeness (QED) is 0.676. The Labute approximate surface area is 164 Å². The van der Waals surface area contributed by atoms with Gasteiger partial charge in [0.25, 0.3) is 0 Å². The van der Waals surface area contributed by atoms with Gasteiger partial charge in [-0.05, 0) is 51.5 Å². The minimum Gasteiger partial charge on any atom is -0.481 e. The van der Waals surface area contributed by atoms with Crippen LogP contribution >= 0.6 is 11.6 Å². The predicted molar refractivity (Wildman–Crippen MR) is 105 cm³/mol. The number of rotatable bonds is 6. The van der Waals surface area contributed by atoms with E-state index < -0.39 is 5.97 Å². The Hall–Kier alpha value is -1.79. The van der Waals surface area contributed by atoms with E-state index in [9.17, 15) is 4.79 Å². The summed E-state index contributed by atoms with van der Waals surface area (Å²) in [7, 11) is 2.92. The lowest BCUT2D eigenvalue weighted by atomic mass is 9.87. The van der Waals surface area contributed by atoms with Crippen LogP contribution in [-0.4, -0.2) is 41.9 Å². The minimum absolute atomic E-state index is 0.261. The van der Waals surface area contributed by atoms with Gasteiger partial charge in [-0.1, -0.05) is 11.6 Å². The van der Waals surface area contributed by atoms with Crippen molar-refractivity contribution in [3.8, 4) is 5.88 Å². The van der Waals surface area contributed by atoms with Gasteiger partial charge in [0.05, 0.1) is 31.5 Å². The van der Waals surface area contributed by atoms with Gasteiger partial charge >= 0.3 is 5.97 Å². The van der Waals surface area contributed by atoms with Crippen LogP contribution in [0.3, 0.4) is 0 Å². The van der Waals surface area contributed by atoms with Crippen LogP contribution in [0, 0.1) is 5.92 Å². The zero-order valence-corrected chi connectivity index (χ0v) is 17.1. The molecular formula is C20H27ClN2O4. The van der Waals surface area contributed by atoms with E-state index in [0.717, 1.165) is 32.2 Å². The van der Waals surface area contributed by atoms with Crippen molar-refractivity contribution in [1.82, 2.24) is 9.55 Å². The SMILES string of the molecule is COC(=O)c1c(OC)n(CC2CCC(OC(C)C)CC2)c2ncc(Cl)cc12. The summed E-state index contributed by atoms with van der Waals surface area (Å²) in [6.45, 7) is 4.89. The van der Waals surface area contributed by atoms with Crippen LogP contribution in [0.15, 0.2) is 12.3 Å². The normalized spacial score (nSPS) is 20.2. The molecule has 2 aromatic heterocycles. The first-order valence-electron chi connectivity index (χ1n) is 9.40. The summed E-state index contributed by atoms with van der Waals surface area (Å²) in [5.41, 5.74) is 1.07. The molecular weight excluding hydrogens is 368 g/mol. The summed E-state index contributed by atoms with van der Waals surface area (Å²) in [5, 5.41) is 1.13. The first-order chi connectivity index (χ1) is 12.9. The van der Waals surface area contributed by atoms with Crippen molar-refractivity contribution in [1.29, 1.82) is 0 Å². The maximum Gasteiger partial charge on any atom is 0.344 e. The van der Waals surface area contributed by atoms with Crippen LogP contribution in [-0.2, 0) is 16.0 Å². The highest BCUT2D eigenvalue weighted by Crippen LogP contribution is 2.36. The number of fused-ring (bicyclic) bond motifs is 1. The van der Waals surface area contributed by atoms with E-state index in [2.05, 4.69) is 18.8 Å². The van der Waals surface area contributed by atoms with Gasteiger partial charge in [0, 0.05) is 18.1 Å². The third-order valence-electron chi connectivity index (χ3n) is 5.10. The number of carbonyl (C=O) groups is 1. The van der Waals surface area contributed by atoms with Crippen LogP contribution in [0.2, 0.25) is 5.02 Å². The number of ether oxygens (including phenoxy) is 3. The topological polar surface area (TPSA) is 62.6 Å². The lowest BCUT2D eigenvalue weighted by Crippen LogP contribution is -2.26. The molecule has 7 heteroatoms. The Bertz CT molecular complexity index is 810. The van der Waals surface area contributed by atoms with Gasteiger partial charge in [-0.3, -0.25) is 4.57 Å². The van der Waals surface area contributed by atoms with Crippen LogP contribution in [0.25, 0.3) is 11.0 Å². The lowest BCUT2D eigenvalue weighted by Gasteiger charge is -2.30. The monoisotopic (exact) mass is 394 g/mol. The predicted octanol–water partition coefficient (Wildman–Crippen LogP) is 4.47. The molecule has 0 aromatic carbocycles. The van der Waals surface area contributed by atoms with Gasteiger partial charge in [-0.2, -0.15) is 0 Å². The van der Waals surface area contributed by atoms with Crippen molar-refractivity contribution >= 4 is 28.6 Å². The van der Waals surface area contributed by atoms with Crippen molar-refractivity contribution in [3.63, 3.8) is 0 Å². The lowest BCUT2D eigenvalue weighted by molar-refractivity contribution is -0.0208. The van der Waals surface area contributed by atoms with Crippen molar-refractivity contribution in [2.45, 2.75) is 58.3 Å². The molecule has 1 aliphatic rings.